The van der Waals surface area contributed by atoms with Gasteiger partial charge in [0, 0.05) is 30.7 Å². The SMILES string of the molecule is CCCOc1ccc(Oc2ncccc2CNC(=O)Cc2ccc(-n3cccn3)cc2)cc1. The molecular weight excluding hydrogens is 416 g/mol. The van der Waals surface area contributed by atoms with Crippen LogP contribution >= 0.6 is 0 Å². The van der Waals surface area contributed by atoms with E-state index in [0.717, 1.165) is 29.0 Å². The molecule has 0 unspecified atom stereocenters. The van der Waals surface area contributed by atoms with Crippen molar-refractivity contribution in [1.29, 1.82) is 0 Å². The van der Waals surface area contributed by atoms with E-state index in [1.54, 1.807) is 17.1 Å². The van der Waals surface area contributed by atoms with Crippen LogP contribution < -0.4 is 14.8 Å². The van der Waals surface area contributed by atoms with Crippen molar-refractivity contribution >= 4 is 5.91 Å². The summed E-state index contributed by atoms with van der Waals surface area (Å²) in [7, 11) is 0. The largest absolute Gasteiger partial charge is 0.494 e. The van der Waals surface area contributed by atoms with Crippen LogP contribution in [0.15, 0.2) is 85.3 Å². The van der Waals surface area contributed by atoms with Crippen LogP contribution in [0.5, 0.6) is 17.4 Å². The summed E-state index contributed by atoms with van der Waals surface area (Å²) < 4.78 is 13.3. The van der Waals surface area contributed by atoms with Crippen LogP contribution in [0.4, 0.5) is 0 Å². The summed E-state index contributed by atoms with van der Waals surface area (Å²) in [4.78, 5) is 16.8. The number of nitrogens with zero attached hydrogens (tertiary/aromatic N) is 3. The van der Waals surface area contributed by atoms with Gasteiger partial charge in [-0.25, -0.2) is 9.67 Å². The van der Waals surface area contributed by atoms with Crippen molar-refractivity contribution in [3.05, 3.63) is 96.4 Å². The summed E-state index contributed by atoms with van der Waals surface area (Å²) >= 11 is 0. The third kappa shape index (κ3) is 6.20. The maximum Gasteiger partial charge on any atom is 0.224 e. The second-order valence-corrected chi connectivity index (χ2v) is 7.46. The van der Waals surface area contributed by atoms with Crippen molar-refractivity contribution in [3.8, 4) is 23.1 Å². The number of aromatic nitrogens is 3. The maximum absolute atomic E-state index is 12.5. The molecule has 0 bridgehead atoms. The lowest BCUT2D eigenvalue weighted by atomic mass is 10.1. The molecule has 2 aromatic carbocycles. The second kappa shape index (κ2) is 10.9. The molecule has 0 spiro atoms. The zero-order valence-electron chi connectivity index (χ0n) is 18.5. The first-order valence-corrected chi connectivity index (χ1v) is 10.9. The monoisotopic (exact) mass is 442 g/mol. The average molecular weight is 443 g/mol. The first-order chi connectivity index (χ1) is 16.2. The molecular formula is C26H26N4O3. The summed E-state index contributed by atoms with van der Waals surface area (Å²) in [5.74, 6) is 1.84. The fourth-order valence-electron chi connectivity index (χ4n) is 3.22. The molecule has 0 radical (unpaired) electrons. The van der Waals surface area contributed by atoms with E-state index in [4.69, 9.17) is 9.47 Å². The Bertz CT molecular complexity index is 1160. The van der Waals surface area contributed by atoms with Crippen LogP contribution in [0.25, 0.3) is 5.69 Å². The molecule has 0 saturated carbocycles. The number of rotatable bonds is 10. The van der Waals surface area contributed by atoms with E-state index in [0.29, 0.717) is 24.8 Å². The van der Waals surface area contributed by atoms with Crippen molar-refractivity contribution in [2.24, 2.45) is 0 Å². The molecule has 7 nitrogen and oxygen atoms in total. The van der Waals surface area contributed by atoms with Crippen LogP contribution in [-0.2, 0) is 17.8 Å². The number of pyridine rings is 1. The van der Waals surface area contributed by atoms with E-state index in [9.17, 15) is 4.79 Å². The lowest BCUT2D eigenvalue weighted by molar-refractivity contribution is -0.120. The number of amides is 1. The Balaban J connectivity index is 1.32. The third-order valence-corrected chi connectivity index (χ3v) is 4.91. The van der Waals surface area contributed by atoms with E-state index in [1.807, 2.05) is 72.9 Å². The highest BCUT2D eigenvalue weighted by Crippen LogP contribution is 2.25. The van der Waals surface area contributed by atoms with Crippen molar-refractivity contribution < 1.29 is 14.3 Å². The highest BCUT2D eigenvalue weighted by Gasteiger charge is 2.09. The Kier molecular flexibility index (Phi) is 7.33. The minimum Gasteiger partial charge on any atom is -0.494 e. The van der Waals surface area contributed by atoms with Gasteiger partial charge in [-0.3, -0.25) is 4.79 Å². The molecule has 4 rings (SSSR count). The number of benzene rings is 2. The number of carbonyl (C=O) groups excluding carboxylic acids is 1. The van der Waals surface area contributed by atoms with Gasteiger partial charge in [-0.05, 0) is 60.5 Å². The van der Waals surface area contributed by atoms with Crippen LogP contribution in [-0.4, -0.2) is 27.3 Å². The first-order valence-electron chi connectivity index (χ1n) is 10.9. The molecule has 33 heavy (non-hydrogen) atoms. The van der Waals surface area contributed by atoms with Crippen molar-refractivity contribution in [1.82, 2.24) is 20.1 Å². The topological polar surface area (TPSA) is 78.3 Å². The Labute approximate surface area is 193 Å². The molecule has 0 fully saturated rings. The standard InChI is InChI=1S/C26H26N4O3/c1-2-17-32-23-10-12-24(13-11-23)33-26-21(5-3-14-27-26)19-28-25(31)18-20-6-8-22(9-7-20)30-16-4-15-29-30/h3-16H,2,17-19H2,1H3,(H,28,31). The summed E-state index contributed by atoms with van der Waals surface area (Å²) in [6, 6.07) is 20.8. The molecule has 0 aliphatic carbocycles. The van der Waals surface area contributed by atoms with Crippen LogP contribution in [0.2, 0.25) is 0 Å². The van der Waals surface area contributed by atoms with Gasteiger partial charge in [-0.15, -0.1) is 0 Å². The van der Waals surface area contributed by atoms with Crippen molar-refractivity contribution in [2.45, 2.75) is 26.3 Å². The minimum absolute atomic E-state index is 0.0749. The van der Waals surface area contributed by atoms with Gasteiger partial charge >= 0.3 is 0 Å². The Morgan fingerprint density at radius 1 is 0.970 bits per heavy atom. The molecule has 2 heterocycles. The maximum atomic E-state index is 12.5. The van der Waals surface area contributed by atoms with E-state index < -0.39 is 0 Å². The van der Waals surface area contributed by atoms with Gasteiger partial charge in [0.2, 0.25) is 11.8 Å². The van der Waals surface area contributed by atoms with Crippen molar-refractivity contribution in [3.63, 3.8) is 0 Å². The molecule has 1 N–H and O–H groups in total. The number of hydrogen-bond donors (Lipinski definition) is 1. The van der Waals surface area contributed by atoms with Gasteiger partial charge in [0.1, 0.15) is 11.5 Å². The van der Waals surface area contributed by atoms with E-state index in [2.05, 4.69) is 22.3 Å². The molecule has 7 heteroatoms. The van der Waals surface area contributed by atoms with E-state index in [1.165, 1.54) is 0 Å². The summed E-state index contributed by atoms with van der Waals surface area (Å²) in [6.07, 6.45) is 6.52. The highest BCUT2D eigenvalue weighted by molar-refractivity contribution is 5.78. The summed E-state index contributed by atoms with van der Waals surface area (Å²) in [5, 5.41) is 7.16. The molecule has 0 atom stereocenters. The zero-order chi connectivity index (χ0) is 22.9. The number of nitrogens with one attached hydrogen (secondary N) is 1. The number of ether oxygens (including phenoxy) is 2. The quantitative estimate of drug-likeness (QED) is 0.385. The van der Waals surface area contributed by atoms with Crippen LogP contribution in [0.3, 0.4) is 0 Å². The van der Waals surface area contributed by atoms with Crippen LogP contribution in [0, 0.1) is 0 Å². The molecule has 0 aliphatic heterocycles. The van der Waals surface area contributed by atoms with Crippen molar-refractivity contribution in [2.75, 3.05) is 6.61 Å². The second-order valence-electron chi connectivity index (χ2n) is 7.46. The minimum atomic E-state index is -0.0749. The lowest BCUT2D eigenvalue weighted by Crippen LogP contribution is -2.24. The number of hydrogen-bond acceptors (Lipinski definition) is 5. The van der Waals surface area contributed by atoms with Crippen LogP contribution in [0.1, 0.15) is 24.5 Å². The van der Waals surface area contributed by atoms with Gasteiger partial charge in [0.25, 0.3) is 0 Å². The van der Waals surface area contributed by atoms with Gasteiger partial charge in [0.05, 0.1) is 18.7 Å². The predicted molar refractivity (Wildman–Crippen MR) is 126 cm³/mol. The van der Waals surface area contributed by atoms with E-state index in [-0.39, 0.29) is 12.3 Å². The Morgan fingerprint density at radius 3 is 2.48 bits per heavy atom. The summed E-state index contributed by atoms with van der Waals surface area (Å²) in [5.41, 5.74) is 2.67. The normalized spacial score (nSPS) is 10.6. The Morgan fingerprint density at radius 2 is 1.76 bits per heavy atom. The lowest BCUT2D eigenvalue weighted by Gasteiger charge is -2.12. The molecule has 0 saturated heterocycles. The smallest absolute Gasteiger partial charge is 0.224 e. The van der Waals surface area contributed by atoms with Gasteiger partial charge < -0.3 is 14.8 Å². The molecule has 0 aliphatic rings. The zero-order valence-corrected chi connectivity index (χ0v) is 18.5. The predicted octanol–water partition coefficient (Wildman–Crippen LogP) is 4.71. The highest BCUT2D eigenvalue weighted by atomic mass is 16.5. The summed E-state index contributed by atoms with van der Waals surface area (Å²) in [6.45, 7) is 3.07. The Hall–Kier alpha value is -4.13. The molecule has 4 aromatic rings. The molecule has 168 valence electrons. The van der Waals surface area contributed by atoms with Gasteiger partial charge in [-0.2, -0.15) is 5.10 Å². The average Bonchev–Trinajstić information content (AvgIpc) is 3.39. The van der Waals surface area contributed by atoms with Gasteiger partial charge in [0.15, 0.2) is 0 Å². The molecule has 1 amide bonds. The fourth-order valence-corrected chi connectivity index (χ4v) is 3.22. The van der Waals surface area contributed by atoms with Gasteiger partial charge in [-0.1, -0.05) is 25.1 Å². The molecule has 2 aromatic heterocycles. The van der Waals surface area contributed by atoms with E-state index >= 15 is 0 Å². The third-order valence-electron chi connectivity index (χ3n) is 4.91. The number of carbonyl (C=O) groups is 1. The first kappa shape index (κ1) is 22.1. The fraction of sp³-hybridized carbons (Fsp3) is 0.192.